The second-order valence-corrected chi connectivity index (χ2v) is 6.70. The second-order valence-electron chi connectivity index (χ2n) is 5.98. The first-order chi connectivity index (χ1) is 10.8. The van der Waals surface area contributed by atoms with Gasteiger partial charge in [-0.3, -0.25) is 4.79 Å². The van der Waals surface area contributed by atoms with Gasteiger partial charge in [0.2, 0.25) is 5.91 Å². The van der Waals surface area contributed by atoms with Crippen molar-refractivity contribution in [1.82, 2.24) is 9.88 Å². The summed E-state index contributed by atoms with van der Waals surface area (Å²) in [5.74, 6) is 1.67. The normalized spacial score (nSPS) is 15.3. The zero-order valence-electron chi connectivity index (χ0n) is 12.7. The summed E-state index contributed by atoms with van der Waals surface area (Å²) < 4.78 is 5.41. The van der Waals surface area contributed by atoms with E-state index in [-0.39, 0.29) is 5.91 Å². The van der Waals surface area contributed by atoms with Gasteiger partial charge in [-0.25, -0.2) is 4.98 Å². The molecule has 5 heteroatoms. The van der Waals surface area contributed by atoms with Crippen LogP contribution < -0.4 is 0 Å². The van der Waals surface area contributed by atoms with E-state index in [2.05, 4.69) is 4.98 Å². The Kier molecular flexibility index (Phi) is 5.27. The summed E-state index contributed by atoms with van der Waals surface area (Å²) in [5, 5.41) is 2.05. The van der Waals surface area contributed by atoms with E-state index in [9.17, 15) is 4.79 Å². The lowest BCUT2D eigenvalue weighted by Gasteiger charge is -2.23. The second kappa shape index (κ2) is 7.58. The molecule has 0 saturated heterocycles. The van der Waals surface area contributed by atoms with Crippen molar-refractivity contribution in [2.24, 2.45) is 5.92 Å². The van der Waals surface area contributed by atoms with Crippen molar-refractivity contribution in [3.8, 4) is 0 Å². The molecule has 0 N–H and O–H groups in total. The molecule has 1 aliphatic rings. The van der Waals surface area contributed by atoms with Crippen molar-refractivity contribution >= 4 is 17.2 Å². The topological polar surface area (TPSA) is 46.3 Å². The first-order valence-electron chi connectivity index (χ1n) is 7.98. The molecule has 2 heterocycles. The molecule has 4 nitrogen and oxygen atoms in total. The molecule has 0 spiro atoms. The first-order valence-corrected chi connectivity index (χ1v) is 8.93. The molecule has 3 rings (SSSR count). The monoisotopic (exact) mass is 318 g/mol. The highest BCUT2D eigenvalue weighted by molar-refractivity contribution is 7.07. The van der Waals surface area contributed by atoms with E-state index in [1.54, 1.807) is 17.6 Å². The van der Waals surface area contributed by atoms with Gasteiger partial charge in [0.25, 0.3) is 0 Å². The quantitative estimate of drug-likeness (QED) is 0.778. The molecule has 0 aliphatic heterocycles. The maximum atomic E-state index is 12.7. The standard InChI is InChI=1S/C17H22N2O2S/c20-17(10-14-4-1-2-5-14)19(11-16-6-3-9-21-16)8-7-15-12-22-13-18-15/h3,6,9,12-14H,1-2,4-5,7-8,10-11H2. The van der Waals surface area contributed by atoms with Gasteiger partial charge in [0.1, 0.15) is 5.76 Å². The molecule has 0 radical (unpaired) electrons. The number of carbonyl (C=O) groups is 1. The van der Waals surface area contributed by atoms with Crippen LogP contribution in [0.5, 0.6) is 0 Å². The highest BCUT2D eigenvalue weighted by Gasteiger charge is 2.22. The van der Waals surface area contributed by atoms with Crippen LogP contribution >= 0.6 is 11.3 Å². The van der Waals surface area contributed by atoms with Crippen molar-refractivity contribution in [3.63, 3.8) is 0 Å². The van der Waals surface area contributed by atoms with Crippen LogP contribution in [0.4, 0.5) is 0 Å². The number of hydrogen-bond acceptors (Lipinski definition) is 4. The molecule has 0 bridgehead atoms. The van der Waals surface area contributed by atoms with Crippen LogP contribution in [0.1, 0.15) is 43.6 Å². The van der Waals surface area contributed by atoms with Crippen molar-refractivity contribution in [2.75, 3.05) is 6.54 Å². The number of hydrogen-bond donors (Lipinski definition) is 0. The summed E-state index contributed by atoms with van der Waals surface area (Å²) in [4.78, 5) is 18.9. The largest absolute Gasteiger partial charge is 0.467 e. The molecule has 0 atom stereocenters. The van der Waals surface area contributed by atoms with E-state index in [0.29, 0.717) is 25.4 Å². The molecule has 1 saturated carbocycles. The lowest BCUT2D eigenvalue weighted by Crippen LogP contribution is -2.33. The predicted octanol–water partition coefficient (Wildman–Crippen LogP) is 3.89. The van der Waals surface area contributed by atoms with Crippen LogP contribution in [0, 0.1) is 5.92 Å². The van der Waals surface area contributed by atoms with E-state index in [1.807, 2.05) is 27.9 Å². The smallest absolute Gasteiger partial charge is 0.223 e. The summed E-state index contributed by atoms with van der Waals surface area (Å²) >= 11 is 1.60. The van der Waals surface area contributed by atoms with Crippen LogP contribution in [0.3, 0.4) is 0 Å². The zero-order chi connectivity index (χ0) is 15.2. The summed E-state index contributed by atoms with van der Waals surface area (Å²) in [6.45, 7) is 1.26. The van der Waals surface area contributed by atoms with Crippen LogP contribution in [0.25, 0.3) is 0 Å². The SMILES string of the molecule is O=C(CC1CCCC1)N(CCc1cscn1)Cc1ccco1. The number of amides is 1. The van der Waals surface area contributed by atoms with Gasteiger partial charge in [0.15, 0.2) is 0 Å². The number of rotatable bonds is 7. The maximum absolute atomic E-state index is 12.7. The lowest BCUT2D eigenvalue weighted by atomic mass is 10.0. The van der Waals surface area contributed by atoms with Crippen molar-refractivity contribution in [3.05, 3.63) is 40.7 Å². The molecular weight excluding hydrogens is 296 g/mol. The molecule has 2 aromatic heterocycles. The molecule has 22 heavy (non-hydrogen) atoms. The Balaban J connectivity index is 1.60. The summed E-state index contributed by atoms with van der Waals surface area (Å²) in [6, 6.07) is 3.80. The fraction of sp³-hybridized carbons (Fsp3) is 0.529. The van der Waals surface area contributed by atoms with Gasteiger partial charge < -0.3 is 9.32 Å². The molecule has 0 aromatic carbocycles. The van der Waals surface area contributed by atoms with Crippen molar-refractivity contribution in [1.29, 1.82) is 0 Å². The van der Waals surface area contributed by atoms with E-state index < -0.39 is 0 Å². The van der Waals surface area contributed by atoms with Gasteiger partial charge in [0.05, 0.1) is 24.0 Å². The minimum Gasteiger partial charge on any atom is -0.467 e. The maximum Gasteiger partial charge on any atom is 0.223 e. The third kappa shape index (κ3) is 4.19. The molecule has 118 valence electrons. The van der Waals surface area contributed by atoms with Gasteiger partial charge in [-0.2, -0.15) is 0 Å². The Morgan fingerprint density at radius 2 is 2.27 bits per heavy atom. The minimum atomic E-state index is 0.249. The molecule has 1 amide bonds. The van der Waals surface area contributed by atoms with E-state index in [0.717, 1.165) is 17.9 Å². The molecular formula is C17H22N2O2S. The lowest BCUT2D eigenvalue weighted by molar-refractivity contribution is -0.133. The molecule has 1 aliphatic carbocycles. The molecule has 0 unspecified atom stereocenters. The fourth-order valence-electron chi connectivity index (χ4n) is 3.08. The van der Waals surface area contributed by atoms with Gasteiger partial charge in [-0.05, 0) is 30.9 Å². The van der Waals surface area contributed by atoms with E-state index in [4.69, 9.17) is 4.42 Å². The van der Waals surface area contributed by atoms with Crippen molar-refractivity contribution < 1.29 is 9.21 Å². The van der Waals surface area contributed by atoms with Gasteiger partial charge in [-0.1, -0.05) is 12.8 Å². The zero-order valence-corrected chi connectivity index (χ0v) is 13.6. The number of nitrogens with zero attached hydrogens (tertiary/aromatic N) is 2. The first kappa shape index (κ1) is 15.3. The third-order valence-corrected chi connectivity index (χ3v) is 4.97. The van der Waals surface area contributed by atoms with Crippen LogP contribution in [0.2, 0.25) is 0 Å². The van der Waals surface area contributed by atoms with Crippen LogP contribution in [0.15, 0.2) is 33.7 Å². The summed E-state index contributed by atoms with van der Waals surface area (Å²) in [7, 11) is 0. The van der Waals surface area contributed by atoms with Gasteiger partial charge in [-0.15, -0.1) is 11.3 Å². The number of thiazole rings is 1. The Hall–Kier alpha value is -1.62. The van der Waals surface area contributed by atoms with Gasteiger partial charge >= 0.3 is 0 Å². The Labute approximate surface area is 135 Å². The number of aromatic nitrogens is 1. The Bertz CT molecular complexity index is 560. The highest BCUT2D eigenvalue weighted by Crippen LogP contribution is 2.28. The minimum absolute atomic E-state index is 0.249. The van der Waals surface area contributed by atoms with E-state index >= 15 is 0 Å². The van der Waals surface area contributed by atoms with Crippen LogP contribution in [-0.2, 0) is 17.8 Å². The fourth-order valence-corrected chi connectivity index (χ4v) is 3.68. The predicted molar refractivity (Wildman–Crippen MR) is 86.5 cm³/mol. The molecule has 2 aromatic rings. The summed E-state index contributed by atoms with van der Waals surface area (Å²) in [6.07, 6.45) is 8.09. The third-order valence-electron chi connectivity index (χ3n) is 4.34. The highest BCUT2D eigenvalue weighted by atomic mass is 32.1. The Morgan fingerprint density at radius 3 is 2.95 bits per heavy atom. The summed E-state index contributed by atoms with van der Waals surface area (Å²) in [5.41, 5.74) is 2.90. The van der Waals surface area contributed by atoms with Crippen molar-refractivity contribution in [2.45, 2.75) is 45.1 Å². The van der Waals surface area contributed by atoms with E-state index in [1.165, 1.54) is 25.7 Å². The van der Waals surface area contributed by atoms with Gasteiger partial charge in [0, 0.05) is 24.8 Å². The number of carbonyl (C=O) groups excluding carboxylic acids is 1. The molecule has 1 fully saturated rings. The average molecular weight is 318 g/mol. The number of furan rings is 1. The Morgan fingerprint density at radius 1 is 1.41 bits per heavy atom. The average Bonchev–Trinajstić information content (AvgIpc) is 3.26. The van der Waals surface area contributed by atoms with Crippen LogP contribution in [-0.4, -0.2) is 22.3 Å².